The van der Waals surface area contributed by atoms with Gasteiger partial charge in [0.25, 0.3) is 0 Å². The minimum Gasteiger partial charge on any atom is -0.463 e. The summed E-state index contributed by atoms with van der Waals surface area (Å²) in [6, 6.07) is 0. The highest BCUT2D eigenvalue weighted by Gasteiger charge is 2.09. The number of carbonyl (C=O) groups is 4. The average Bonchev–Trinajstić information content (AvgIpc) is 3.12. The van der Waals surface area contributed by atoms with Crippen molar-refractivity contribution in [3.05, 3.63) is 37.0 Å². The monoisotopic (exact) mass is 723 g/mol. The molecule has 0 saturated heterocycles. The predicted octanol–water partition coefficient (Wildman–Crippen LogP) is 8.90. The van der Waals surface area contributed by atoms with Gasteiger partial charge in [0, 0.05) is 33.0 Å². The van der Waals surface area contributed by atoms with Crippen molar-refractivity contribution in [3.8, 4) is 0 Å². The summed E-state index contributed by atoms with van der Waals surface area (Å²) in [6.45, 7) is 9.16. The first kappa shape index (κ1) is 47.7. The van der Waals surface area contributed by atoms with Gasteiger partial charge >= 0.3 is 24.1 Å². The van der Waals surface area contributed by atoms with E-state index in [0.29, 0.717) is 38.0 Å². The Morgan fingerprint density at radius 3 is 1.73 bits per heavy atom. The average molecular weight is 723 g/mol. The van der Waals surface area contributed by atoms with Crippen LogP contribution in [0.25, 0.3) is 0 Å². The molecule has 0 fully saturated rings. The van der Waals surface area contributed by atoms with Gasteiger partial charge in [0.2, 0.25) is 0 Å². The van der Waals surface area contributed by atoms with Crippen molar-refractivity contribution in [1.29, 1.82) is 0 Å². The molecule has 0 heterocycles. The molecule has 2 amide bonds. The highest BCUT2D eigenvalue weighted by molar-refractivity contribution is 5.70. The lowest BCUT2D eigenvalue weighted by Crippen LogP contribution is -2.26. The van der Waals surface area contributed by atoms with Crippen LogP contribution in [0.4, 0.5) is 9.59 Å². The maximum absolute atomic E-state index is 12.2. The first-order valence-corrected chi connectivity index (χ1v) is 19.2. The highest BCUT2D eigenvalue weighted by Crippen LogP contribution is 2.15. The number of amides is 2. The van der Waals surface area contributed by atoms with E-state index in [1.807, 2.05) is 13.0 Å². The summed E-state index contributed by atoms with van der Waals surface area (Å²) in [5, 5.41) is 5.34. The summed E-state index contributed by atoms with van der Waals surface area (Å²) < 4.78 is 25.5. The molecular formula is C40H70N2O9. The van der Waals surface area contributed by atoms with E-state index < -0.39 is 12.2 Å². The Morgan fingerprint density at radius 1 is 0.608 bits per heavy atom. The van der Waals surface area contributed by atoms with Gasteiger partial charge in [-0.1, -0.05) is 68.9 Å². The lowest BCUT2D eigenvalue weighted by molar-refractivity contribution is -0.148. The van der Waals surface area contributed by atoms with Crippen molar-refractivity contribution in [2.24, 2.45) is 5.92 Å². The van der Waals surface area contributed by atoms with E-state index in [4.69, 9.17) is 18.9 Å². The molecule has 11 nitrogen and oxygen atoms in total. The molecule has 0 spiro atoms. The van der Waals surface area contributed by atoms with Crippen molar-refractivity contribution < 1.29 is 42.9 Å². The smallest absolute Gasteiger partial charge is 0.407 e. The van der Waals surface area contributed by atoms with Crippen molar-refractivity contribution >= 4 is 24.1 Å². The third kappa shape index (κ3) is 33.6. The van der Waals surface area contributed by atoms with E-state index in [1.54, 1.807) is 7.11 Å². The molecule has 0 aromatic heterocycles. The third-order valence-electron chi connectivity index (χ3n) is 8.44. The Labute approximate surface area is 308 Å². The summed E-state index contributed by atoms with van der Waals surface area (Å²) >= 11 is 0. The minimum absolute atomic E-state index is 0.0148. The van der Waals surface area contributed by atoms with Crippen LogP contribution >= 0.6 is 0 Å². The van der Waals surface area contributed by atoms with Gasteiger partial charge < -0.3 is 34.3 Å². The Morgan fingerprint density at radius 2 is 1.12 bits per heavy atom. The standard InChI is InChI=1S/C40H70N2O9/c1-6-36(26-18-12-11-16-24-34(2)47-4)27-19-15-17-25-35(3)51-38(44)29-21-10-8-14-23-31-42-40(46)50-33-32-49-37(43)28-20-9-7-13-22-30-41-39(45)48-5/h6,11-12,15,19,34-36H,1,7-10,13-14,16-18,20-33H2,2-5H3,(H,41,45)(H,42,46)/b12-11+,19-15-. The van der Waals surface area contributed by atoms with Gasteiger partial charge in [0.15, 0.2) is 0 Å². The number of allylic oxidation sites excluding steroid dienone is 5. The zero-order valence-corrected chi connectivity index (χ0v) is 32.3. The molecule has 0 radical (unpaired) electrons. The fourth-order valence-corrected chi connectivity index (χ4v) is 5.10. The molecule has 51 heavy (non-hydrogen) atoms. The Hall–Kier alpha value is -3.34. The van der Waals surface area contributed by atoms with Crippen LogP contribution in [0.2, 0.25) is 0 Å². The maximum atomic E-state index is 12.2. The predicted molar refractivity (Wildman–Crippen MR) is 202 cm³/mol. The van der Waals surface area contributed by atoms with Crippen LogP contribution in [-0.2, 0) is 33.3 Å². The normalized spacial score (nSPS) is 13.0. The number of carbonyl (C=O) groups excluding carboxylic acids is 4. The van der Waals surface area contributed by atoms with Crippen LogP contribution in [0.1, 0.15) is 136 Å². The molecule has 2 N–H and O–H groups in total. The molecule has 0 aliphatic rings. The highest BCUT2D eigenvalue weighted by atomic mass is 16.6. The van der Waals surface area contributed by atoms with Crippen LogP contribution in [0.15, 0.2) is 37.0 Å². The van der Waals surface area contributed by atoms with E-state index >= 15 is 0 Å². The summed E-state index contributed by atoms with van der Waals surface area (Å²) in [4.78, 5) is 46.8. The molecule has 0 bridgehead atoms. The molecule has 0 aromatic rings. The van der Waals surface area contributed by atoms with Crippen LogP contribution in [0, 0.1) is 5.92 Å². The van der Waals surface area contributed by atoms with Gasteiger partial charge in [-0.25, -0.2) is 9.59 Å². The van der Waals surface area contributed by atoms with Crippen molar-refractivity contribution in [2.45, 2.75) is 148 Å². The van der Waals surface area contributed by atoms with E-state index in [1.165, 1.54) is 7.11 Å². The number of ether oxygens (including phenoxy) is 5. The number of esters is 2. The fourth-order valence-electron chi connectivity index (χ4n) is 5.10. The summed E-state index contributed by atoms with van der Waals surface area (Å²) in [5.41, 5.74) is 0. The first-order valence-electron chi connectivity index (χ1n) is 19.2. The Bertz CT molecular complexity index is 970. The van der Waals surface area contributed by atoms with Gasteiger partial charge in [0.1, 0.15) is 13.2 Å². The van der Waals surface area contributed by atoms with Crippen molar-refractivity contribution in [3.63, 3.8) is 0 Å². The molecule has 0 rings (SSSR count). The maximum Gasteiger partial charge on any atom is 0.407 e. The molecule has 3 atom stereocenters. The largest absolute Gasteiger partial charge is 0.463 e. The second-order valence-electron chi connectivity index (χ2n) is 13.0. The molecule has 0 aliphatic heterocycles. The van der Waals surface area contributed by atoms with Gasteiger partial charge in [-0.2, -0.15) is 0 Å². The second-order valence-corrected chi connectivity index (χ2v) is 13.0. The number of methoxy groups -OCH3 is 2. The summed E-state index contributed by atoms with van der Waals surface area (Å²) in [7, 11) is 3.09. The van der Waals surface area contributed by atoms with Crippen LogP contribution in [-0.4, -0.2) is 76.9 Å². The number of alkyl carbamates (subject to hydrolysis) is 2. The number of hydrogen-bond acceptors (Lipinski definition) is 9. The lowest BCUT2D eigenvalue weighted by Gasteiger charge is -2.12. The van der Waals surface area contributed by atoms with Crippen LogP contribution in [0.5, 0.6) is 0 Å². The summed E-state index contributed by atoms with van der Waals surface area (Å²) in [6.07, 6.45) is 26.8. The quantitative estimate of drug-likeness (QED) is 0.0294. The van der Waals surface area contributed by atoms with Crippen LogP contribution < -0.4 is 10.6 Å². The Balaban J connectivity index is 3.65. The molecule has 0 saturated carbocycles. The lowest BCUT2D eigenvalue weighted by atomic mass is 9.98. The minimum atomic E-state index is -0.524. The number of rotatable bonds is 33. The Kier molecular flexibility index (Phi) is 32.8. The number of hydrogen-bond donors (Lipinski definition) is 2. The molecule has 0 aliphatic carbocycles. The van der Waals surface area contributed by atoms with Gasteiger partial charge in [0.05, 0.1) is 19.3 Å². The van der Waals surface area contributed by atoms with Crippen molar-refractivity contribution in [1.82, 2.24) is 10.6 Å². The van der Waals surface area contributed by atoms with E-state index in [9.17, 15) is 19.2 Å². The van der Waals surface area contributed by atoms with E-state index in [0.717, 1.165) is 109 Å². The SMILES string of the molecule is C=CC(C/C=C\CCC(C)OC(=O)CCCCCCCNC(=O)OCCOC(=O)CCCCCCCNC(=O)OC)CC/C=C/CCC(C)OC. The molecule has 0 aromatic carbocycles. The fraction of sp³-hybridized carbons (Fsp3) is 0.750. The van der Waals surface area contributed by atoms with Gasteiger partial charge in [-0.05, 0) is 90.4 Å². The first-order chi connectivity index (χ1) is 24.7. The molecule has 3 unspecified atom stereocenters. The van der Waals surface area contributed by atoms with Gasteiger partial charge in [-0.15, -0.1) is 6.58 Å². The van der Waals surface area contributed by atoms with Gasteiger partial charge in [-0.3, -0.25) is 9.59 Å². The summed E-state index contributed by atoms with van der Waals surface area (Å²) in [5.74, 6) is 0.0256. The van der Waals surface area contributed by atoms with Crippen LogP contribution in [0.3, 0.4) is 0 Å². The number of nitrogens with one attached hydrogen (secondary N) is 2. The number of unbranched alkanes of at least 4 members (excludes halogenated alkanes) is 8. The molecular weight excluding hydrogens is 652 g/mol. The third-order valence-corrected chi connectivity index (χ3v) is 8.44. The molecule has 11 heteroatoms. The molecule has 294 valence electrons. The topological polar surface area (TPSA) is 138 Å². The zero-order chi connectivity index (χ0) is 37.8. The van der Waals surface area contributed by atoms with E-state index in [2.05, 4.69) is 53.2 Å². The van der Waals surface area contributed by atoms with E-state index in [-0.39, 0.29) is 31.3 Å². The second kappa shape index (κ2) is 35.1. The zero-order valence-electron chi connectivity index (χ0n) is 32.3. The van der Waals surface area contributed by atoms with Crippen molar-refractivity contribution in [2.75, 3.05) is 40.5 Å².